The van der Waals surface area contributed by atoms with Crippen LogP contribution in [0.1, 0.15) is 5.56 Å². The second-order valence-electron chi connectivity index (χ2n) is 3.32. The molecule has 0 saturated heterocycles. The van der Waals surface area contributed by atoms with Crippen LogP contribution in [0.25, 0.3) is 0 Å². The standard InChI is InChI=1S/C12H16N2O3/c1-15-4-5-16-6-7-17-12-3-2-11(14)8-10(12)9-13/h2-3,8H,4-7,14H2,1H3. The van der Waals surface area contributed by atoms with E-state index in [9.17, 15) is 0 Å². The number of hydrogen-bond donors (Lipinski definition) is 1. The van der Waals surface area contributed by atoms with Crippen molar-refractivity contribution in [2.75, 3.05) is 39.3 Å². The van der Waals surface area contributed by atoms with E-state index in [2.05, 4.69) is 0 Å². The highest BCUT2D eigenvalue weighted by Crippen LogP contribution is 2.20. The molecule has 17 heavy (non-hydrogen) atoms. The highest BCUT2D eigenvalue weighted by atomic mass is 16.5. The van der Waals surface area contributed by atoms with Gasteiger partial charge in [-0.3, -0.25) is 0 Å². The average molecular weight is 236 g/mol. The molecule has 0 saturated carbocycles. The zero-order chi connectivity index (χ0) is 12.5. The number of rotatable bonds is 7. The van der Waals surface area contributed by atoms with E-state index in [-0.39, 0.29) is 0 Å². The van der Waals surface area contributed by atoms with Gasteiger partial charge in [0.25, 0.3) is 0 Å². The molecule has 92 valence electrons. The molecule has 0 aliphatic heterocycles. The molecule has 2 N–H and O–H groups in total. The third kappa shape index (κ3) is 4.72. The first-order valence-corrected chi connectivity index (χ1v) is 5.27. The van der Waals surface area contributed by atoms with Crippen LogP contribution in [-0.4, -0.2) is 33.5 Å². The van der Waals surface area contributed by atoms with Crippen molar-refractivity contribution in [2.24, 2.45) is 0 Å². The lowest BCUT2D eigenvalue weighted by atomic mass is 10.2. The van der Waals surface area contributed by atoms with Crippen molar-refractivity contribution < 1.29 is 14.2 Å². The van der Waals surface area contributed by atoms with Crippen molar-refractivity contribution in [1.29, 1.82) is 5.26 Å². The summed E-state index contributed by atoms with van der Waals surface area (Å²) >= 11 is 0. The van der Waals surface area contributed by atoms with Crippen LogP contribution in [0.5, 0.6) is 5.75 Å². The summed E-state index contributed by atoms with van der Waals surface area (Å²) in [4.78, 5) is 0. The van der Waals surface area contributed by atoms with Crippen LogP contribution in [0.2, 0.25) is 0 Å². The minimum Gasteiger partial charge on any atom is -0.490 e. The summed E-state index contributed by atoms with van der Waals surface area (Å²) in [5.74, 6) is 0.525. The van der Waals surface area contributed by atoms with Crippen molar-refractivity contribution >= 4 is 5.69 Å². The van der Waals surface area contributed by atoms with Crippen molar-refractivity contribution in [1.82, 2.24) is 0 Å². The lowest BCUT2D eigenvalue weighted by molar-refractivity contribution is 0.0544. The topological polar surface area (TPSA) is 77.5 Å². The van der Waals surface area contributed by atoms with Crippen molar-refractivity contribution in [2.45, 2.75) is 0 Å². The van der Waals surface area contributed by atoms with E-state index in [1.807, 2.05) is 6.07 Å². The number of nitrogens with zero attached hydrogens (tertiary/aromatic N) is 1. The number of nitrogens with two attached hydrogens (primary N) is 1. The van der Waals surface area contributed by atoms with Crippen molar-refractivity contribution in [3.63, 3.8) is 0 Å². The second kappa shape index (κ2) is 7.49. The molecule has 0 radical (unpaired) electrons. The fourth-order valence-electron chi connectivity index (χ4n) is 1.22. The molecule has 0 aromatic heterocycles. The lowest BCUT2D eigenvalue weighted by Crippen LogP contribution is -2.10. The molecule has 0 aliphatic rings. The quantitative estimate of drug-likeness (QED) is 0.568. The van der Waals surface area contributed by atoms with Gasteiger partial charge < -0.3 is 19.9 Å². The molecule has 1 aromatic carbocycles. The average Bonchev–Trinajstić information content (AvgIpc) is 2.35. The third-order valence-electron chi connectivity index (χ3n) is 2.04. The van der Waals surface area contributed by atoms with Crippen molar-refractivity contribution in [3.05, 3.63) is 23.8 Å². The van der Waals surface area contributed by atoms with Gasteiger partial charge >= 0.3 is 0 Å². The molecule has 0 atom stereocenters. The SMILES string of the molecule is COCCOCCOc1ccc(N)cc1C#N. The molecule has 0 heterocycles. The maximum Gasteiger partial charge on any atom is 0.137 e. The Morgan fingerprint density at radius 3 is 2.71 bits per heavy atom. The van der Waals surface area contributed by atoms with E-state index in [0.717, 1.165) is 0 Å². The van der Waals surface area contributed by atoms with Gasteiger partial charge in [-0.15, -0.1) is 0 Å². The largest absolute Gasteiger partial charge is 0.490 e. The Kier molecular flexibility index (Phi) is 5.86. The Balaban J connectivity index is 2.34. The molecule has 0 fully saturated rings. The maximum absolute atomic E-state index is 8.88. The summed E-state index contributed by atoms with van der Waals surface area (Å²) in [7, 11) is 1.62. The van der Waals surface area contributed by atoms with Gasteiger partial charge in [0.1, 0.15) is 18.4 Å². The highest BCUT2D eigenvalue weighted by Gasteiger charge is 2.03. The zero-order valence-corrected chi connectivity index (χ0v) is 9.81. The number of hydrogen-bond acceptors (Lipinski definition) is 5. The molecule has 1 aromatic rings. The van der Waals surface area contributed by atoms with Gasteiger partial charge in [-0.1, -0.05) is 0 Å². The van der Waals surface area contributed by atoms with Crippen LogP contribution >= 0.6 is 0 Å². The molecule has 0 aliphatic carbocycles. The Hall–Kier alpha value is -1.77. The molecule has 1 rings (SSSR count). The number of anilines is 1. The summed E-state index contributed by atoms with van der Waals surface area (Å²) in [6, 6.07) is 7.00. The predicted molar refractivity (Wildman–Crippen MR) is 63.8 cm³/mol. The summed E-state index contributed by atoms with van der Waals surface area (Å²) in [6.07, 6.45) is 0. The number of benzene rings is 1. The normalized spacial score (nSPS) is 9.88. The van der Waals surface area contributed by atoms with Crippen LogP contribution in [0.15, 0.2) is 18.2 Å². The van der Waals surface area contributed by atoms with Crippen LogP contribution in [0.4, 0.5) is 5.69 Å². The van der Waals surface area contributed by atoms with E-state index in [1.54, 1.807) is 25.3 Å². The Bertz CT molecular complexity index is 388. The van der Waals surface area contributed by atoms with Crippen LogP contribution in [-0.2, 0) is 9.47 Å². The first kappa shape index (κ1) is 13.3. The van der Waals surface area contributed by atoms with E-state index >= 15 is 0 Å². The lowest BCUT2D eigenvalue weighted by Gasteiger charge is -2.08. The van der Waals surface area contributed by atoms with Gasteiger partial charge in [0.05, 0.1) is 25.4 Å². The fraction of sp³-hybridized carbons (Fsp3) is 0.417. The molecule has 0 spiro atoms. The van der Waals surface area contributed by atoms with Gasteiger partial charge in [0.15, 0.2) is 0 Å². The first-order chi connectivity index (χ1) is 8.27. The van der Waals surface area contributed by atoms with Gasteiger partial charge in [0.2, 0.25) is 0 Å². The van der Waals surface area contributed by atoms with Gasteiger partial charge in [-0.2, -0.15) is 5.26 Å². The number of ether oxygens (including phenoxy) is 3. The van der Waals surface area contributed by atoms with E-state index in [4.69, 9.17) is 25.2 Å². The third-order valence-corrected chi connectivity index (χ3v) is 2.04. The van der Waals surface area contributed by atoms with Crippen LogP contribution in [0.3, 0.4) is 0 Å². The molecule has 0 bridgehead atoms. The maximum atomic E-state index is 8.88. The van der Waals surface area contributed by atoms with E-state index < -0.39 is 0 Å². The highest BCUT2D eigenvalue weighted by molar-refractivity contribution is 5.53. The molecule has 0 unspecified atom stereocenters. The summed E-state index contributed by atoms with van der Waals surface area (Å²) in [6.45, 7) is 1.94. The minimum atomic E-state index is 0.391. The molecule has 5 nitrogen and oxygen atoms in total. The van der Waals surface area contributed by atoms with Gasteiger partial charge in [-0.25, -0.2) is 0 Å². The Labute approximate surface area is 101 Å². The van der Waals surface area contributed by atoms with E-state index in [0.29, 0.717) is 43.4 Å². The van der Waals surface area contributed by atoms with Crippen LogP contribution < -0.4 is 10.5 Å². The Morgan fingerprint density at radius 2 is 2.00 bits per heavy atom. The first-order valence-electron chi connectivity index (χ1n) is 5.27. The number of nitrogen functional groups attached to an aromatic ring is 1. The fourth-order valence-corrected chi connectivity index (χ4v) is 1.22. The summed E-state index contributed by atoms with van der Waals surface area (Å²) in [5, 5.41) is 8.88. The summed E-state index contributed by atoms with van der Waals surface area (Å²) in [5.41, 5.74) is 6.55. The number of nitriles is 1. The molecule has 5 heteroatoms. The smallest absolute Gasteiger partial charge is 0.137 e. The predicted octanol–water partition coefficient (Wildman–Crippen LogP) is 1.18. The number of methoxy groups -OCH3 is 1. The minimum absolute atomic E-state index is 0.391. The van der Waals surface area contributed by atoms with Crippen molar-refractivity contribution in [3.8, 4) is 11.8 Å². The molecular weight excluding hydrogens is 220 g/mol. The monoisotopic (exact) mass is 236 g/mol. The van der Waals surface area contributed by atoms with Crippen LogP contribution in [0, 0.1) is 11.3 Å². The van der Waals surface area contributed by atoms with Gasteiger partial charge in [-0.05, 0) is 18.2 Å². The molecular formula is C12H16N2O3. The molecule has 0 amide bonds. The zero-order valence-electron chi connectivity index (χ0n) is 9.81. The van der Waals surface area contributed by atoms with E-state index in [1.165, 1.54) is 0 Å². The Morgan fingerprint density at radius 1 is 1.24 bits per heavy atom. The second-order valence-corrected chi connectivity index (χ2v) is 3.32. The summed E-state index contributed by atoms with van der Waals surface area (Å²) < 4.78 is 15.5. The van der Waals surface area contributed by atoms with Gasteiger partial charge in [0, 0.05) is 12.8 Å².